The van der Waals surface area contributed by atoms with Gasteiger partial charge in [0, 0.05) is 42.2 Å². The topological polar surface area (TPSA) is 68.6 Å². The maximum absolute atomic E-state index is 14.4. The van der Waals surface area contributed by atoms with Gasteiger partial charge in [-0.25, -0.2) is 4.39 Å². The van der Waals surface area contributed by atoms with Gasteiger partial charge in [-0.1, -0.05) is 25.0 Å². The van der Waals surface area contributed by atoms with Crippen LogP contribution in [0.1, 0.15) is 109 Å². The number of carbonyl (C=O) groups excluding carboxylic acids is 1. The summed E-state index contributed by atoms with van der Waals surface area (Å²) in [4.78, 5) is 14.0. The molecule has 3 aliphatic rings. The van der Waals surface area contributed by atoms with Crippen molar-refractivity contribution < 1.29 is 22.4 Å². The van der Waals surface area contributed by atoms with E-state index in [9.17, 15) is 22.4 Å². The van der Waals surface area contributed by atoms with Crippen molar-refractivity contribution in [3.05, 3.63) is 94.4 Å². The van der Waals surface area contributed by atoms with Crippen LogP contribution >= 0.6 is 0 Å². The lowest BCUT2D eigenvalue weighted by Crippen LogP contribution is -2.24. The molecule has 3 fully saturated rings. The fourth-order valence-electron chi connectivity index (χ4n) is 6.95. The second-order valence-electron chi connectivity index (χ2n) is 13.2. The third-order valence-corrected chi connectivity index (χ3v) is 9.75. The Morgan fingerprint density at radius 3 is 2.42 bits per heavy atom. The smallest absolute Gasteiger partial charge is 0.315 e. The van der Waals surface area contributed by atoms with Crippen LogP contribution in [-0.2, 0) is 12.7 Å². The molecule has 3 saturated carbocycles. The molecular formula is C35H37F4N5O. The summed E-state index contributed by atoms with van der Waals surface area (Å²) in [6.45, 7) is 1.95. The lowest BCUT2D eigenvalue weighted by molar-refractivity contribution is -0.141. The summed E-state index contributed by atoms with van der Waals surface area (Å²) in [7, 11) is 0. The van der Waals surface area contributed by atoms with E-state index < -0.39 is 11.9 Å². The van der Waals surface area contributed by atoms with Crippen molar-refractivity contribution in [1.82, 2.24) is 18.9 Å². The van der Waals surface area contributed by atoms with Crippen molar-refractivity contribution in [1.29, 1.82) is 5.41 Å². The molecule has 0 amide bonds. The molecule has 2 aromatic carbocycles. The van der Waals surface area contributed by atoms with E-state index in [4.69, 9.17) is 5.41 Å². The molecule has 0 aliphatic heterocycles. The Balaban J connectivity index is 1.28. The average Bonchev–Trinajstić information content (AvgIpc) is 3.88. The summed E-state index contributed by atoms with van der Waals surface area (Å²) in [6, 6.07) is 10.2. The van der Waals surface area contributed by atoms with Crippen molar-refractivity contribution in [2.75, 3.05) is 0 Å². The lowest BCUT2D eigenvalue weighted by atomic mass is 9.86. The normalized spacial score (nSPS) is 18.1. The number of rotatable bonds is 10. The molecule has 236 valence electrons. The molecule has 4 aromatic rings. The minimum Gasteiger partial charge on any atom is -0.315 e. The van der Waals surface area contributed by atoms with Crippen LogP contribution in [0.25, 0.3) is 11.1 Å². The fraction of sp³-hybridized carbons (Fsp3) is 0.457. The van der Waals surface area contributed by atoms with Crippen molar-refractivity contribution in [3.63, 3.8) is 0 Å². The maximum atomic E-state index is 14.4. The van der Waals surface area contributed by atoms with Crippen LogP contribution in [0.4, 0.5) is 17.6 Å². The third kappa shape index (κ3) is 6.16. The van der Waals surface area contributed by atoms with Crippen LogP contribution in [-0.4, -0.2) is 24.7 Å². The second-order valence-corrected chi connectivity index (χ2v) is 13.2. The molecule has 45 heavy (non-hydrogen) atoms. The molecule has 10 heteroatoms. The predicted octanol–water partition coefficient (Wildman–Crippen LogP) is 8.36. The summed E-state index contributed by atoms with van der Waals surface area (Å²) in [5.41, 5.74) is 2.04. The Bertz CT molecular complexity index is 1800. The van der Waals surface area contributed by atoms with E-state index in [1.165, 1.54) is 16.9 Å². The number of nitrogens with zero attached hydrogens (tertiary/aromatic N) is 4. The zero-order valence-electron chi connectivity index (χ0n) is 25.3. The number of alkyl halides is 3. The Hall–Kier alpha value is -3.95. The van der Waals surface area contributed by atoms with Gasteiger partial charge in [0.15, 0.2) is 11.5 Å². The molecular weight excluding hydrogens is 582 g/mol. The minimum absolute atomic E-state index is 0.0372. The van der Waals surface area contributed by atoms with Crippen LogP contribution in [0.5, 0.6) is 0 Å². The number of aryl methyl sites for hydroxylation is 1. The van der Waals surface area contributed by atoms with E-state index >= 15 is 0 Å². The van der Waals surface area contributed by atoms with Crippen molar-refractivity contribution in [2.45, 2.75) is 95.4 Å². The van der Waals surface area contributed by atoms with E-state index in [0.717, 1.165) is 56.9 Å². The highest BCUT2D eigenvalue weighted by molar-refractivity contribution is 5.98. The standard InChI is InChI=1S/C35H37F4N5O/c1-21-14-24(8-11-31(21)36)29(23-6-7-23)18-32(45)26-16-22(19-42-12-13-43(34(42)40)27-9-10-27)15-25(17-26)30-20-44(28-4-2-3-5-28)41-33(30)35(37,38)39/h8,11-17,20,23,27-29,40H,2-7,9-10,18-19H2,1H3/t29-/m0/s1. The first-order valence-electron chi connectivity index (χ1n) is 16.0. The first-order chi connectivity index (χ1) is 21.5. The fourth-order valence-corrected chi connectivity index (χ4v) is 6.95. The Labute approximate surface area is 259 Å². The number of imidazole rings is 1. The molecule has 0 unspecified atom stereocenters. The maximum Gasteiger partial charge on any atom is 0.435 e. The van der Waals surface area contributed by atoms with Crippen LogP contribution in [0.2, 0.25) is 0 Å². The summed E-state index contributed by atoms with van der Waals surface area (Å²) < 4.78 is 62.4. The Kier molecular flexibility index (Phi) is 7.56. The zero-order chi connectivity index (χ0) is 31.5. The summed E-state index contributed by atoms with van der Waals surface area (Å²) in [5.74, 6) is -0.245. The quantitative estimate of drug-likeness (QED) is 0.143. The van der Waals surface area contributed by atoms with Gasteiger partial charge in [-0.3, -0.25) is 14.9 Å². The molecule has 2 aromatic heterocycles. The highest BCUT2D eigenvalue weighted by Crippen LogP contribution is 2.46. The number of benzene rings is 2. The average molecular weight is 620 g/mol. The highest BCUT2D eigenvalue weighted by atomic mass is 19.4. The predicted molar refractivity (Wildman–Crippen MR) is 161 cm³/mol. The monoisotopic (exact) mass is 619 g/mol. The van der Waals surface area contributed by atoms with Gasteiger partial charge in [-0.2, -0.15) is 18.3 Å². The van der Waals surface area contributed by atoms with Crippen LogP contribution in [0.15, 0.2) is 55.0 Å². The number of aromatic nitrogens is 4. The molecule has 0 saturated heterocycles. The van der Waals surface area contributed by atoms with E-state index in [2.05, 4.69) is 5.10 Å². The van der Waals surface area contributed by atoms with Crippen LogP contribution in [0, 0.1) is 24.1 Å². The summed E-state index contributed by atoms with van der Waals surface area (Å²) in [5, 5.41) is 12.7. The van der Waals surface area contributed by atoms with Crippen LogP contribution < -0.4 is 5.62 Å². The number of Topliss-reactive ketones (excluding diaryl/α,β-unsaturated/α-hetero) is 1. The molecule has 1 N–H and O–H groups in total. The van der Waals surface area contributed by atoms with Gasteiger partial charge in [0.1, 0.15) is 5.82 Å². The summed E-state index contributed by atoms with van der Waals surface area (Å²) in [6.07, 6.45) is 8.19. The third-order valence-electron chi connectivity index (χ3n) is 9.75. The number of nitrogens with one attached hydrogen (secondary N) is 1. The largest absolute Gasteiger partial charge is 0.435 e. The van der Waals surface area contributed by atoms with Gasteiger partial charge in [0.05, 0.1) is 12.6 Å². The number of ketones is 1. The van der Waals surface area contributed by atoms with E-state index in [-0.39, 0.29) is 42.1 Å². The molecule has 3 aliphatic carbocycles. The zero-order valence-corrected chi connectivity index (χ0v) is 25.3. The number of hydrogen-bond donors (Lipinski definition) is 1. The number of halogens is 4. The van der Waals surface area contributed by atoms with Gasteiger partial charge < -0.3 is 9.13 Å². The molecule has 0 bridgehead atoms. The van der Waals surface area contributed by atoms with E-state index in [1.807, 2.05) is 17.0 Å². The summed E-state index contributed by atoms with van der Waals surface area (Å²) >= 11 is 0. The van der Waals surface area contributed by atoms with Crippen molar-refractivity contribution in [3.8, 4) is 11.1 Å². The van der Waals surface area contributed by atoms with Gasteiger partial charge >= 0.3 is 6.18 Å². The first kappa shape index (κ1) is 29.7. The lowest BCUT2D eigenvalue weighted by Gasteiger charge is -2.18. The molecule has 1 atom stereocenters. The van der Waals surface area contributed by atoms with Gasteiger partial charge in [0.25, 0.3) is 0 Å². The highest BCUT2D eigenvalue weighted by Gasteiger charge is 2.39. The first-order valence-corrected chi connectivity index (χ1v) is 16.0. The molecule has 2 heterocycles. The van der Waals surface area contributed by atoms with Gasteiger partial charge in [-0.05, 0) is 104 Å². The van der Waals surface area contributed by atoms with Crippen molar-refractivity contribution >= 4 is 5.78 Å². The van der Waals surface area contributed by atoms with Crippen molar-refractivity contribution in [2.24, 2.45) is 5.92 Å². The molecule has 0 spiro atoms. The minimum atomic E-state index is -4.67. The molecule has 7 rings (SSSR count). The second kappa shape index (κ2) is 11.4. The Morgan fingerprint density at radius 1 is 1.00 bits per heavy atom. The SMILES string of the molecule is Cc1cc([C@@H](CC(=O)c2cc(Cn3ccn(C4CC4)c3=N)cc(-c3cn(C4CCCC4)nc3C(F)(F)F)c2)C2CC2)ccc1F. The molecule has 6 nitrogen and oxygen atoms in total. The van der Waals surface area contributed by atoms with Gasteiger partial charge in [-0.15, -0.1) is 0 Å². The van der Waals surface area contributed by atoms with Gasteiger partial charge in [0.2, 0.25) is 5.62 Å². The van der Waals surface area contributed by atoms with E-state index in [1.54, 1.807) is 41.8 Å². The number of hydrogen-bond acceptors (Lipinski definition) is 3. The molecule has 0 radical (unpaired) electrons. The number of carbonyl (C=O) groups is 1. The van der Waals surface area contributed by atoms with Crippen LogP contribution in [0.3, 0.4) is 0 Å². The Morgan fingerprint density at radius 2 is 1.76 bits per heavy atom. The van der Waals surface area contributed by atoms with E-state index in [0.29, 0.717) is 39.8 Å².